The monoisotopic (exact) mass is 491 g/mol. The van der Waals surface area contributed by atoms with Crippen molar-refractivity contribution in [3.8, 4) is 11.1 Å². The molecule has 1 aromatic heterocycles. The lowest BCUT2D eigenvalue weighted by atomic mass is 9.94. The highest BCUT2D eigenvalue weighted by Crippen LogP contribution is 2.34. The first kappa shape index (κ1) is 26.0. The first-order valence-electron chi connectivity index (χ1n) is 11.2. The number of carbonyl (C=O) groups excluding carboxylic acids is 1. The fourth-order valence-electron chi connectivity index (χ4n) is 4.23. The van der Waals surface area contributed by atoms with Crippen molar-refractivity contribution in [1.82, 2.24) is 4.57 Å². The molecular formula is C28H30ClN3O3. The summed E-state index contributed by atoms with van der Waals surface area (Å²) in [6.07, 6.45) is -0.563. The van der Waals surface area contributed by atoms with Gasteiger partial charge < -0.3 is 15.0 Å². The van der Waals surface area contributed by atoms with Crippen molar-refractivity contribution < 1.29 is 9.53 Å². The number of aromatic nitrogens is 1. The third kappa shape index (κ3) is 5.56. The molecule has 0 bridgehead atoms. The SMILES string of the molecule is CC(C)(C)n1c(CN)c(-c2ccccc2)c2cc(NC(=O)OCc3ccccc3)ccc2c1=O.Cl. The number of carbonyl (C=O) groups is 1. The number of hydrogen-bond donors (Lipinski definition) is 2. The van der Waals surface area contributed by atoms with Gasteiger partial charge in [-0.25, -0.2) is 4.79 Å². The van der Waals surface area contributed by atoms with E-state index in [9.17, 15) is 9.59 Å². The van der Waals surface area contributed by atoms with Gasteiger partial charge in [0.1, 0.15) is 6.61 Å². The summed E-state index contributed by atoms with van der Waals surface area (Å²) in [5.74, 6) is 0. The quantitative estimate of drug-likeness (QED) is 0.355. The van der Waals surface area contributed by atoms with E-state index in [0.717, 1.165) is 27.8 Å². The van der Waals surface area contributed by atoms with Gasteiger partial charge in [0.25, 0.3) is 5.56 Å². The summed E-state index contributed by atoms with van der Waals surface area (Å²) < 4.78 is 7.13. The van der Waals surface area contributed by atoms with Crippen molar-refractivity contribution in [1.29, 1.82) is 0 Å². The van der Waals surface area contributed by atoms with E-state index in [1.165, 1.54) is 0 Å². The smallest absolute Gasteiger partial charge is 0.411 e. The van der Waals surface area contributed by atoms with Gasteiger partial charge in [-0.1, -0.05) is 60.7 Å². The zero-order chi connectivity index (χ0) is 24.3. The minimum absolute atomic E-state index is 0. The van der Waals surface area contributed by atoms with Crippen LogP contribution in [-0.2, 0) is 23.4 Å². The molecule has 0 spiro atoms. The summed E-state index contributed by atoms with van der Waals surface area (Å²) in [4.78, 5) is 26.0. The molecule has 7 heteroatoms. The summed E-state index contributed by atoms with van der Waals surface area (Å²) in [5.41, 5.74) is 9.67. The molecule has 0 aliphatic heterocycles. The molecule has 4 aromatic rings. The van der Waals surface area contributed by atoms with E-state index in [0.29, 0.717) is 11.1 Å². The molecule has 0 saturated heterocycles. The predicted octanol–water partition coefficient (Wildman–Crippen LogP) is 6.05. The van der Waals surface area contributed by atoms with Crippen molar-refractivity contribution in [2.45, 2.75) is 39.5 Å². The van der Waals surface area contributed by atoms with Crippen LogP contribution in [0.5, 0.6) is 0 Å². The fourth-order valence-corrected chi connectivity index (χ4v) is 4.23. The molecule has 1 heterocycles. The third-order valence-electron chi connectivity index (χ3n) is 5.67. The number of halogens is 1. The lowest BCUT2D eigenvalue weighted by Crippen LogP contribution is -2.37. The van der Waals surface area contributed by atoms with Gasteiger partial charge in [-0.05, 0) is 55.5 Å². The molecule has 4 rings (SSSR count). The average Bonchev–Trinajstić information content (AvgIpc) is 2.82. The lowest BCUT2D eigenvalue weighted by molar-refractivity contribution is 0.155. The second-order valence-corrected chi connectivity index (χ2v) is 9.15. The van der Waals surface area contributed by atoms with E-state index >= 15 is 0 Å². The number of nitrogens with one attached hydrogen (secondary N) is 1. The maximum Gasteiger partial charge on any atom is 0.411 e. The van der Waals surface area contributed by atoms with E-state index in [-0.39, 0.29) is 31.1 Å². The molecule has 35 heavy (non-hydrogen) atoms. The highest BCUT2D eigenvalue weighted by atomic mass is 35.5. The van der Waals surface area contributed by atoms with Crippen LogP contribution in [0, 0.1) is 0 Å². The Kier molecular flexibility index (Phi) is 7.99. The van der Waals surface area contributed by atoms with Crippen LogP contribution in [0.1, 0.15) is 32.0 Å². The number of amides is 1. The molecule has 0 aliphatic rings. The molecule has 0 unspecified atom stereocenters. The van der Waals surface area contributed by atoms with Crippen LogP contribution in [0.25, 0.3) is 21.9 Å². The summed E-state index contributed by atoms with van der Waals surface area (Å²) >= 11 is 0. The van der Waals surface area contributed by atoms with E-state index in [2.05, 4.69) is 5.32 Å². The number of benzene rings is 3. The second kappa shape index (κ2) is 10.8. The Labute approximate surface area is 211 Å². The second-order valence-electron chi connectivity index (χ2n) is 9.15. The van der Waals surface area contributed by atoms with Crippen LogP contribution < -0.4 is 16.6 Å². The largest absolute Gasteiger partial charge is 0.444 e. The van der Waals surface area contributed by atoms with Crippen molar-refractivity contribution in [3.63, 3.8) is 0 Å². The van der Waals surface area contributed by atoms with E-state index in [1.807, 2.05) is 87.5 Å². The minimum atomic E-state index is -0.563. The number of fused-ring (bicyclic) bond motifs is 1. The molecule has 0 fully saturated rings. The summed E-state index contributed by atoms with van der Waals surface area (Å²) in [6, 6.07) is 24.6. The first-order valence-corrected chi connectivity index (χ1v) is 11.2. The van der Waals surface area contributed by atoms with Gasteiger partial charge >= 0.3 is 6.09 Å². The number of ether oxygens (including phenoxy) is 1. The van der Waals surface area contributed by atoms with E-state index in [1.54, 1.807) is 16.7 Å². The topological polar surface area (TPSA) is 86.3 Å². The molecule has 6 nitrogen and oxygen atoms in total. The maximum atomic E-state index is 13.5. The summed E-state index contributed by atoms with van der Waals surface area (Å²) in [6.45, 7) is 6.35. The van der Waals surface area contributed by atoms with Crippen LogP contribution in [0.4, 0.5) is 10.5 Å². The van der Waals surface area contributed by atoms with Gasteiger partial charge in [-0.15, -0.1) is 12.4 Å². The van der Waals surface area contributed by atoms with Crippen LogP contribution in [0.15, 0.2) is 83.7 Å². The zero-order valence-corrected chi connectivity index (χ0v) is 20.9. The molecule has 182 valence electrons. The van der Waals surface area contributed by atoms with Crippen molar-refractivity contribution in [2.75, 3.05) is 5.32 Å². The van der Waals surface area contributed by atoms with E-state index in [4.69, 9.17) is 10.5 Å². The Balaban J connectivity index is 0.00000342. The Morgan fingerprint density at radius 1 is 0.943 bits per heavy atom. The van der Waals surface area contributed by atoms with Crippen LogP contribution in [0.3, 0.4) is 0 Å². The normalized spacial score (nSPS) is 11.1. The van der Waals surface area contributed by atoms with Crippen LogP contribution in [-0.4, -0.2) is 10.7 Å². The highest BCUT2D eigenvalue weighted by Gasteiger charge is 2.24. The Morgan fingerprint density at radius 2 is 1.57 bits per heavy atom. The number of pyridine rings is 1. The Hall–Kier alpha value is -3.61. The van der Waals surface area contributed by atoms with Gasteiger partial charge in [-0.2, -0.15) is 0 Å². The number of nitrogens with zero attached hydrogens (tertiary/aromatic N) is 1. The van der Waals surface area contributed by atoms with Crippen LogP contribution in [0.2, 0.25) is 0 Å². The first-order chi connectivity index (χ1) is 16.3. The summed E-state index contributed by atoms with van der Waals surface area (Å²) in [7, 11) is 0. The molecular weight excluding hydrogens is 462 g/mol. The number of hydrogen-bond acceptors (Lipinski definition) is 4. The highest BCUT2D eigenvalue weighted by molar-refractivity contribution is 6.00. The van der Waals surface area contributed by atoms with Crippen molar-refractivity contribution >= 4 is 35.0 Å². The fraction of sp³-hybridized carbons (Fsp3) is 0.214. The van der Waals surface area contributed by atoms with E-state index < -0.39 is 11.6 Å². The van der Waals surface area contributed by atoms with Gasteiger partial charge in [0.15, 0.2) is 0 Å². The van der Waals surface area contributed by atoms with Crippen molar-refractivity contribution in [2.24, 2.45) is 5.73 Å². The van der Waals surface area contributed by atoms with Gasteiger partial charge in [-0.3, -0.25) is 10.1 Å². The molecule has 0 aliphatic carbocycles. The van der Waals surface area contributed by atoms with Gasteiger partial charge in [0, 0.05) is 34.4 Å². The van der Waals surface area contributed by atoms with Gasteiger partial charge in [0.2, 0.25) is 0 Å². The molecule has 1 amide bonds. The standard InChI is InChI=1S/C28H29N3O3.ClH/c1-28(2,3)31-24(17-29)25(20-12-8-5-9-13-20)23-16-21(14-15-22(23)26(31)32)30-27(33)34-18-19-10-6-4-7-11-19;/h4-16H,17-18,29H2,1-3H3,(H,30,33);1H. The average molecular weight is 492 g/mol. The molecule has 0 radical (unpaired) electrons. The zero-order valence-electron chi connectivity index (χ0n) is 20.1. The predicted molar refractivity (Wildman–Crippen MR) is 144 cm³/mol. The number of nitrogens with two attached hydrogens (primary N) is 1. The van der Waals surface area contributed by atoms with Crippen LogP contribution >= 0.6 is 12.4 Å². The Bertz CT molecular complexity index is 1380. The third-order valence-corrected chi connectivity index (χ3v) is 5.67. The molecule has 0 atom stereocenters. The lowest BCUT2D eigenvalue weighted by Gasteiger charge is -2.29. The Morgan fingerprint density at radius 3 is 2.17 bits per heavy atom. The molecule has 3 N–H and O–H groups in total. The maximum absolute atomic E-state index is 13.5. The van der Waals surface area contributed by atoms with Crippen molar-refractivity contribution in [3.05, 3.63) is 100 Å². The number of rotatable bonds is 5. The molecule has 3 aromatic carbocycles. The molecule has 0 saturated carbocycles. The summed E-state index contributed by atoms with van der Waals surface area (Å²) in [5, 5.41) is 4.08. The minimum Gasteiger partial charge on any atom is -0.444 e. The van der Waals surface area contributed by atoms with Gasteiger partial charge in [0.05, 0.1) is 0 Å². The number of anilines is 1.